The number of carbonyl (C=O) groups excluding carboxylic acids is 2. The minimum Gasteiger partial charge on any atom is -0.467 e. The van der Waals surface area contributed by atoms with E-state index in [0.29, 0.717) is 5.70 Å². The van der Waals surface area contributed by atoms with E-state index < -0.39 is 23.7 Å². The fraction of sp³-hybridized carbons (Fsp3) is 0.667. The summed E-state index contributed by atoms with van der Waals surface area (Å²) in [7, 11) is 2.84. The van der Waals surface area contributed by atoms with E-state index in [-0.39, 0.29) is 6.42 Å². The van der Waals surface area contributed by atoms with Crippen molar-refractivity contribution in [2.75, 3.05) is 14.2 Å². The van der Waals surface area contributed by atoms with Crippen molar-refractivity contribution < 1.29 is 19.1 Å². The number of aliphatic imine (C=N–C) groups is 1. The lowest BCUT2D eigenvalue weighted by atomic mass is 10.1. The third-order valence-corrected chi connectivity index (χ3v) is 2.02. The van der Waals surface area contributed by atoms with Gasteiger partial charge in [-0.1, -0.05) is 20.4 Å². The topological polar surface area (TPSA) is 89.0 Å². The number of nitrogens with zero attached hydrogens (tertiary/aromatic N) is 1. The van der Waals surface area contributed by atoms with Crippen LogP contribution >= 0.6 is 0 Å². The Balaban J connectivity index is 0. The highest BCUT2D eigenvalue weighted by molar-refractivity contribution is 5.81. The maximum absolute atomic E-state index is 11.7. The van der Waals surface area contributed by atoms with Gasteiger partial charge in [-0.3, -0.25) is 4.99 Å². The van der Waals surface area contributed by atoms with Crippen LogP contribution in [0.1, 0.15) is 41.0 Å². The molecule has 0 fully saturated rings. The number of rotatable bonds is 6. The van der Waals surface area contributed by atoms with Gasteiger partial charge in [0.05, 0.1) is 13.4 Å². The number of nitrogens with one attached hydrogen (secondary N) is 2. The molecule has 0 radical (unpaired) electrons. The van der Waals surface area contributed by atoms with Gasteiger partial charge in [0.2, 0.25) is 0 Å². The molecular formula is C15H29N3O4. The number of ether oxygens (including phenoxy) is 2. The predicted octanol–water partition coefficient (Wildman–Crippen LogP) is 2.23. The smallest absolute Gasteiger partial charge is 0.408 e. The number of hydrogen-bond donors (Lipinski definition) is 2. The van der Waals surface area contributed by atoms with Crippen molar-refractivity contribution in [3.63, 3.8) is 0 Å². The molecule has 7 heteroatoms. The summed E-state index contributed by atoms with van der Waals surface area (Å²) in [5, 5.41) is 5.23. The molecule has 0 aromatic carbocycles. The van der Waals surface area contributed by atoms with Crippen LogP contribution in [0.25, 0.3) is 0 Å². The third-order valence-electron chi connectivity index (χ3n) is 2.02. The van der Waals surface area contributed by atoms with E-state index in [9.17, 15) is 9.59 Å². The van der Waals surface area contributed by atoms with Gasteiger partial charge in [0, 0.05) is 19.2 Å². The Morgan fingerprint density at radius 1 is 1.32 bits per heavy atom. The van der Waals surface area contributed by atoms with E-state index >= 15 is 0 Å². The number of hydrogen-bond acceptors (Lipinski definition) is 5. The van der Waals surface area contributed by atoms with Gasteiger partial charge in [-0.25, -0.2) is 9.59 Å². The van der Waals surface area contributed by atoms with Gasteiger partial charge in [-0.05, 0) is 20.8 Å². The molecular weight excluding hydrogens is 286 g/mol. The summed E-state index contributed by atoms with van der Waals surface area (Å²) in [6.07, 6.45) is 0.909. The van der Waals surface area contributed by atoms with Crippen molar-refractivity contribution in [1.29, 1.82) is 0 Å². The number of alkyl carbamates (subject to hydrolysis) is 1. The normalized spacial score (nSPS) is 11.8. The van der Waals surface area contributed by atoms with Crippen molar-refractivity contribution in [2.45, 2.75) is 52.7 Å². The molecule has 22 heavy (non-hydrogen) atoms. The molecule has 0 unspecified atom stereocenters. The van der Waals surface area contributed by atoms with Crippen LogP contribution in [0.4, 0.5) is 4.79 Å². The zero-order valence-electron chi connectivity index (χ0n) is 14.6. The standard InChI is InChI=1S/C13H23N3O4.C2H6/c1-9(15-8-14-5)7-10(11(17)19-6)16-12(18)20-13(2,3)4;1-2/h8,10H,1,7H2,2-6H3,(H,14,15)(H,16,18);1-2H3/t10-;/m0./s1. The van der Waals surface area contributed by atoms with Crippen LogP contribution in [0.3, 0.4) is 0 Å². The maximum atomic E-state index is 11.7. The molecule has 0 aliphatic heterocycles. The monoisotopic (exact) mass is 315 g/mol. The van der Waals surface area contributed by atoms with Gasteiger partial charge in [0.1, 0.15) is 11.6 Å². The van der Waals surface area contributed by atoms with Crippen LogP contribution in [-0.4, -0.2) is 44.2 Å². The molecule has 128 valence electrons. The largest absolute Gasteiger partial charge is 0.467 e. The average molecular weight is 315 g/mol. The van der Waals surface area contributed by atoms with Crippen LogP contribution in [0.2, 0.25) is 0 Å². The fourth-order valence-electron chi connectivity index (χ4n) is 1.25. The molecule has 2 N–H and O–H groups in total. The van der Waals surface area contributed by atoms with Gasteiger partial charge < -0.3 is 20.1 Å². The van der Waals surface area contributed by atoms with E-state index in [0.717, 1.165) is 0 Å². The van der Waals surface area contributed by atoms with Crippen molar-refractivity contribution in [2.24, 2.45) is 4.99 Å². The zero-order chi connectivity index (χ0) is 17.8. The number of esters is 1. The summed E-state index contributed by atoms with van der Waals surface area (Å²) in [4.78, 5) is 27.0. The van der Waals surface area contributed by atoms with Gasteiger partial charge >= 0.3 is 12.1 Å². The molecule has 1 amide bonds. The average Bonchev–Trinajstić information content (AvgIpc) is 2.43. The van der Waals surface area contributed by atoms with E-state index in [1.54, 1.807) is 27.8 Å². The Bertz CT molecular complexity index is 387. The molecule has 0 aromatic rings. The van der Waals surface area contributed by atoms with Gasteiger partial charge in [0.15, 0.2) is 0 Å². The molecule has 0 rings (SSSR count). The Hall–Kier alpha value is -2.05. The lowest BCUT2D eigenvalue weighted by Crippen LogP contribution is -2.44. The Morgan fingerprint density at radius 3 is 2.27 bits per heavy atom. The summed E-state index contributed by atoms with van der Waals surface area (Å²) < 4.78 is 9.73. The van der Waals surface area contributed by atoms with Gasteiger partial charge in [-0.15, -0.1) is 0 Å². The van der Waals surface area contributed by atoms with Crippen LogP contribution in [0, 0.1) is 0 Å². The first-order valence-electron chi connectivity index (χ1n) is 7.12. The highest BCUT2D eigenvalue weighted by atomic mass is 16.6. The van der Waals surface area contributed by atoms with Gasteiger partial charge in [0.25, 0.3) is 0 Å². The highest BCUT2D eigenvalue weighted by Crippen LogP contribution is 2.08. The summed E-state index contributed by atoms with van der Waals surface area (Å²) in [5.41, 5.74) is -0.128. The lowest BCUT2D eigenvalue weighted by molar-refractivity contribution is -0.143. The second kappa shape index (κ2) is 11.6. The Labute approximate surface area is 133 Å². The molecule has 1 atom stereocenters. The van der Waals surface area contributed by atoms with Crippen molar-refractivity contribution in [3.05, 3.63) is 12.3 Å². The first-order valence-corrected chi connectivity index (χ1v) is 7.12. The van der Waals surface area contributed by atoms with Crippen LogP contribution < -0.4 is 10.6 Å². The first kappa shape index (κ1) is 22.2. The summed E-state index contributed by atoms with van der Waals surface area (Å²) in [6, 6.07) is -0.875. The number of methoxy groups -OCH3 is 1. The molecule has 0 saturated heterocycles. The molecule has 0 aliphatic rings. The molecule has 0 spiro atoms. The van der Waals surface area contributed by atoms with Gasteiger partial charge in [-0.2, -0.15) is 0 Å². The van der Waals surface area contributed by atoms with E-state index in [4.69, 9.17) is 4.74 Å². The SMILES string of the molecule is C=C(C[C@H](NC(=O)OC(C)(C)C)C(=O)OC)NC=NC.CC. The number of carbonyl (C=O) groups is 2. The summed E-state index contributed by atoms with van der Waals surface area (Å²) >= 11 is 0. The second-order valence-corrected chi connectivity index (χ2v) is 5.06. The molecule has 0 aromatic heterocycles. The predicted molar refractivity (Wildman–Crippen MR) is 87.8 cm³/mol. The lowest BCUT2D eigenvalue weighted by Gasteiger charge is -2.22. The van der Waals surface area contributed by atoms with Crippen LogP contribution in [-0.2, 0) is 14.3 Å². The Kier molecular flexibility index (Phi) is 11.7. The fourth-order valence-corrected chi connectivity index (χ4v) is 1.25. The van der Waals surface area contributed by atoms with E-state index in [1.807, 2.05) is 13.8 Å². The molecule has 0 saturated carbocycles. The minimum absolute atomic E-state index is 0.165. The third kappa shape index (κ3) is 11.7. The summed E-state index contributed by atoms with van der Waals surface area (Å²) in [5.74, 6) is -0.577. The highest BCUT2D eigenvalue weighted by Gasteiger charge is 2.25. The van der Waals surface area contributed by atoms with Crippen LogP contribution in [0.5, 0.6) is 0 Å². The molecule has 7 nitrogen and oxygen atoms in total. The molecule has 0 aliphatic carbocycles. The summed E-state index contributed by atoms with van der Waals surface area (Å²) in [6.45, 7) is 12.9. The van der Waals surface area contributed by atoms with Crippen molar-refractivity contribution in [1.82, 2.24) is 10.6 Å². The van der Waals surface area contributed by atoms with Crippen molar-refractivity contribution >= 4 is 18.4 Å². The quantitative estimate of drug-likeness (QED) is 0.446. The van der Waals surface area contributed by atoms with E-state index in [1.165, 1.54) is 13.4 Å². The first-order chi connectivity index (χ1) is 10.2. The molecule has 0 heterocycles. The van der Waals surface area contributed by atoms with E-state index in [2.05, 4.69) is 26.9 Å². The molecule has 0 bridgehead atoms. The number of amides is 1. The Morgan fingerprint density at radius 2 is 1.86 bits per heavy atom. The minimum atomic E-state index is -0.875. The van der Waals surface area contributed by atoms with Crippen LogP contribution in [0.15, 0.2) is 17.3 Å². The van der Waals surface area contributed by atoms with Crippen molar-refractivity contribution in [3.8, 4) is 0 Å². The second-order valence-electron chi connectivity index (χ2n) is 5.06. The maximum Gasteiger partial charge on any atom is 0.408 e. The zero-order valence-corrected chi connectivity index (χ0v) is 14.6.